The van der Waals surface area contributed by atoms with Crippen LogP contribution in [0.25, 0.3) is 0 Å². The van der Waals surface area contributed by atoms with Gasteiger partial charge >= 0.3 is 0 Å². The highest BCUT2D eigenvalue weighted by atomic mass is 35.5. The minimum absolute atomic E-state index is 0.0195. The molecule has 1 atom stereocenters. The van der Waals surface area contributed by atoms with Gasteiger partial charge in [0.05, 0.1) is 26.2 Å². The number of methoxy groups -OCH3 is 2. The summed E-state index contributed by atoms with van der Waals surface area (Å²) in [6.07, 6.45) is 1.21. The zero-order chi connectivity index (χ0) is 30.2. The molecule has 0 unspecified atom stereocenters. The number of amides is 2. The third-order valence-corrected chi connectivity index (χ3v) is 7.83. The van der Waals surface area contributed by atoms with Crippen molar-refractivity contribution in [3.63, 3.8) is 0 Å². The lowest BCUT2D eigenvalue weighted by Gasteiger charge is -2.34. The number of carbonyl (C=O) groups is 2. The van der Waals surface area contributed by atoms with Crippen molar-refractivity contribution in [3.05, 3.63) is 88.9 Å². The van der Waals surface area contributed by atoms with Crippen molar-refractivity contribution in [2.45, 2.75) is 38.9 Å². The second-order valence-corrected chi connectivity index (χ2v) is 12.1. The van der Waals surface area contributed by atoms with Crippen LogP contribution >= 0.6 is 11.6 Å². The highest BCUT2D eigenvalue weighted by Gasteiger charge is 2.34. The zero-order valence-electron chi connectivity index (χ0n) is 23.8. The second-order valence-electron chi connectivity index (χ2n) is 9.79. The predicted molar refractivity (Wildman–Crippen MR) is 161 cm³/mol. The number of benzene rings is 3. The molecule has 0 radical (unpaired) electrons. The number of rotatable bonds is 13. The molecule has 0 aliphatic rings. The topological polar surface area (TPSA) is 105 Å². The molecule has 0 spiro atoms. The molecule has 41 heavy (non-hydrogen) atoms. The quantitative estimate of drug-likeness (QED) is 0.313. The largest absolute Gasteiger partial charge is 0.497 e. The van der Waals surface area contributed by atoms with E-state index in [1.54, 1.807) is 36.4 Å². The summed E-state index contributed by atoms with van der Waals surface area (Å²) < 4.78 is 37.8. The van der Waals surface area contributed by atoms with Crippen LogP contribution in [0.5, 0.6) is 11.5 Å². The lowest BCUT2D eigenvalue weighted by Crippen LogP contribution is -2.54. The molecule has 9 nitrogen and oxygen atoms in total. The molecule has 3 rings (SSSR count). The van der Waals surface area contributed by atoms with Crippen molar-refractivity contribution < 1.29 is 27.5 Å². The van der Waals surface area contributed by atoms with Gasteiger partial charge in [-0.05, 0) is 43.2 Å². The Morgan fingerprint density at radius 2 is 1.61 bits per heavy atom. The van der Waals surface area contributed by atoms with E-state index in [4.69, 9.17) is 21.1 Å². The monoisotopic (exact) mass is 601 g/mol. The summed E-state index contributed by atoms with van der Waals surface area (Å²) in [7, 11) is -1.13. The van der Waals surface area contributed by atoms with Gasteiger partial charge < -0.3 is 19.7 Å². The number of ether oxygens (including phenoxy) is 2. The number of carbonyl (C=O) groups excluding carboxylic acids is 2. The number of nitrogens with one attached hydrogen (secondary N) is 1. The van der Waals surface area contributed by atoms with Crippen LogP contribution in [0, 0.1) is 0 Å². The van der Waals surface area contributed by atoms with Gasteiger partial charge in [-0.15, -0.1) is 0 Å². The highest BCUT2D eigenvalue weighted by Crippen LogP contribution is 2.34. The van der Waals surface area contributed by atoms with Gasteiger partial charge in [-0.25, -0.2) is 8.42 Å². The van der Waals surface area contributed by atoms with Gasteiger partial charge in [-0.3, -0.25) is 13.9 Å². The summed E-state index contributed by atoms with van der Waals surface area (Å²) in [4.78, 5) is 29.2. The Labute approximate surface area is 247 Å². The standard InChI is InChI=1S/C30H36ClN3O6S/c1-21(2)32-30(36)27(17-22-11-7-6-8-12-22)33(19-23-13-9-10-14-25(23)31)29(35)20-34(41(5,37)38)26-18-24(39-3)15-16-28(26)40-4/h6-16,18,21,27H,17,19-20H2,1-5H3,(H,32,36)/t27-/m1/s1. The fourth-order valence-electron chi connectivity index (χ4n) is 4.33. The molecule has 3 aromatic rings. The Kier molecular flexibility index (Phi) is 11.0. The molecule has 0 fully saturated rings. The van der Waals surface area contributed by atoms with Crippen LogP contribution in [0.2, 0.25) is 5.02 Å². The average Bonchev–Trinajstić information content (AvgIpc) is 2.93. The third-order valence-electron chi connectivity index (χ3n) is 6.33. The van der Waals surface area contributed by atoms with E-state index in [1.165, 1.54) is 25.2 Å². The molecule has 2 amide bonds. The Hall–Kier alpha value is -3.76. The van der Waals surface area contributed by atoms with E-state index in [1.807, 2.05) is 44.2 Å². The van der Waals surface area contributed by atoms with Crippen LogP contribution in [0.4, 0.5) is 5.69 Å². The molecule has 0 aliphatic carbocycles. The molecule has 220 valence electrons. The first-order valence-corrected chi connectivity index (χ1v) is 15.2. The summed E-state index contributed by atoms with van der Waals surface area (Å²) in [5, 5.41) is 3.33. The molecule has 3 aromatic carbocycles. The maximum absolute atomic E-state index is 14.2. The number of anilines is 1. The van der Waals surface area contributed by atoms with Gasteiger partial charge in [0.15, 0.2) is 0 Å². The maximum Gasteiger partial charge on any atom is 0.244 e. The molecule has 0 saturated heterocycles. The summed E-state index contributed by atoms with van der Waals surface area (Å²) in [5.41, 5.74) is 1.58. The first-order chi connectivity index (χ1) is 19.4. The predicted octanol–water partition coefficient (Wildman–Crippen LogP) is 4.29. The van der Waals surface area contributed by atoms with Gasteiger partial charge in [0.2, 0.25) is 21.8 Å². The van der Waals surface area contributed by atoms with Crippen LogP contribution in [0.15, 0.2) is 72.8 Å². The first-order valence-electron chi connectivity index (χ1n) is 13.0. The van der Waals surface area contributed by atoms with Crippen molar-refractivity contribution in [1.82, 2.24) is 10.2 Å². The van der Waals surface area contributed by atoms with Crippen LogP contribution < -0.4 is 19.1 Å². The van der Waals surface area contributed by atoms with E-state index in [0.29, 0.717) is 16.3 Å². The van der Waals surface area contributed by atoms with Crippen LogP contribution in [0.3, 0.4) is 0 Å². The van der Waals surface area contributed by atoms with Gasteiger partial charge in [0.25, 0.3) is 0 Å². The Bertz CT molecular complexity index is 1450. The fourth-order valence-corrected chi connectivity index (χ4v) is 5.37. The lowest BCUT2D eigenvalue weighted by molar-refractivity contribution is -0.140. The van der Waals surface area contributed by atoms with Crippen molar-refractivity contribution in [2.24, 2.45) is 0 Å². The molecule has 1 N–H and O–H groups in total. The van der Waals surface area contributed by atoms with E-state index < -0.39 is 28.5 Å². The van der Waals surface area contributed by atoms with E-state index >= 15 is 0 Å². The van der Waals surface area contributed by atoms with E-state index in [-0.39, 0.29) is 36.4 Å². The number of hydrogen-bond donors (Lipinski definition) is 1. The summed E-state index contributed by atoms with van der Waals surface area (Å²) >= 11 is 6.47. The summed E-state index contributed by atoms with van der Waals surface area (Å²) in [5.74, 6) is -0.345. The van der Waals surface area contributed by atoms with Crippen molar-refractivity contribution in [2.75, 3.05) is 31.3 Å². The SMILES string of the molecule is COc1ccc(OC)c(N(CC(=O)N(Cc2ccccc2Cl)[C@H](Cc2ccccc2)C(=O)NC(C)C)S(C)(=O)=O)c1. The zero-order valence-corrected chi connectivity index (χ0v) is 25.4. The van der Waals surface area contributed by atoms with Gasteiger partial charge in [-0.1, -0.05) is 60.1 Å². The fraction of sp³-hybridized carbons (Fsp3) is 0.333. The van der Waals surface area contributed by atoms with Crippen LogP contribution in [-0.4, -0.2) is 64.2 Å². The normalized spacial score (nSPS) is 12.0. The molecule has 0 bridgehead atoms. The van der Waals surface area contributed by atoms with Crippen molar-refractivity contribution in [1.29, 1.82) is 0 Å². The lowest BCUT2D eigenvalue weighted by atomic mass is 10.0. The number of sulfonamides is 1. The minimum atomic E-state index is -3.99. The molecule has 11 heteroatoms. The third kappa shape index (κ3) is 8.61. The molecule has 0 saturated carbocycles. The molecule has 0 heterocycles. The number of nitrogens with zero attached hydrogens (tertiary/aromatic N) is 2. The Morgan fingerprint density at radius 3 is 2.20 bits per heavy atom. The molecule has 0 aromatic heterocycles. The summed E-state index contributed by atoms with van der Waals surface area (Å²) in [6.45, 7) is 3.05. The molecule has 0 aliphatic heterocycles. The van der Waals surface area contributed by atoms with E-state index in [0.717, 1.165) is 16.1 Å². The van der Waals surface area contributed by atoms with E-state index in [2.05, 4.69) is 5.32 Å². The van der Waals surface area contributed by atoms with Crippen LogP contribution in [-0.2, 0) is 32.6 Å². The number of hydrogen-bond acceptors (Lipinski definition) is 6. The minimum Gasteiger partial charge on any atom is -0.497 e. The molecular formula is C30H36ClN3O6S. The highest BCUT2D eigenvalue weighted by molar-refractivity contribution is 7.92. The maximum atomic E-state index is 14.2. The smallest absolute Gasteiger partial charge is 0.244 e. The molecular weight excluding hydrogens is 566 g/mol. The average molecular weight is 602 g/mol. The Morgan fingerprint density at radius 1 is 0.951 bits per heavy atom. The summed E-state index contributed by atoms with van der Waals surface area (Å²) in [6, 6.07) is 19.9. The van der Waals surface area contributed by atoms with Crippen molar-refractivity contribution in [3.8, 4) is 11.5 Å². The van der Waals surface area contributed by atoms with Crippen molar-refractivity contribution >= 4 is 39.1 Å². The first kappa shape index (κ1) is 31.8. The van der Waals surface area contributed by atoms with Gasteiger partial charge in [0.1, 0.15) is 24.1 Å². The van der Waals surface area contributed by atoms with Gasteiger partial charge in [-0.2, -0.15) is 0 Å². The van der Waals surface area contributed by atoms with Gasteiger partial charge in [0, 0.05) is 30.1 Å². The number of halogens is 1. The van der Waals surface area contributed by atoms with E-state index in [9.17, 15) is 18.0 Å². The Balaban J connectivity index is 2.12. The van der Waals surface area contributed by atoms with Crippen LogP contribution in [0.1, 0.15) is 25.0 Å². The second kappa shape index (κ2) is 14.2.